The van der Waals surface area contributed by atoms with Gasteiger partial charge in [-0.15, -0.1) is 0 Å². The number of ether oxygens (including phenoxy) is 1. The molecule has 0 bridgehead atoms. The maximum absolute atomic E-state index is 6.29. The van der Waals surface area contributed by atoms with Gasteiger partial charge in [-0.25, -0.2) is 0 Å². The van der Waals surface area contributed by atoms with Gasteiger partial charge in [0, 0.05) is 11.6 Å². The summed E-state index contributed by atoms with van der Waals surface area (Å²) in [5.74, 6) is 1.08. The highest BCUT2D eigenvalue weighted by atomic mass is 16.5. The van der Waals surface area contributed by atoms with E-state index in [1.807, 2.05) is 0 Å². The SMILES string of the molecule is CCNC(C)c1ccc(C)cc1OC1CCCCC1. The van der Waals surface area contributed by atoms with Crippen LogP contribution in [-0.4, -0.2) is 12.6 Å². The molecule has 0 amide bonds. The third-order valence-corrected chi connectivity index (χ3v) is 3.99. The summed E-state index contributed by atoms with van der Waals surface area (Å²) in [6.07, 6.45) is 6.84. The Hall–Kier alpha value is -1.02. The Morgan fingerprint density at radius 2 is 2.00 bits per heavy atom. The van der Waals surface area contributed by atoms with Crippen molar-refractivity contribution in [1.29, 1.82) is 0 Å². The second-order valence-electron chi connectivity index (χ2n) is 5.70. The van der Waals surface area contributed by atoms with E-state index in [2.05, 4.69) is 44.3 Å². The first-order valence-electron chi connectivity index (χ1n) is 7.71. The van der Waals surface area contributed by atoms with Crippen LogP contribution in [0.25, 0.3) is 0 Å². The summed E-state index contributed by atoms with van der Waals surface area (Å²) in [4.78, 5) is 0. The first kappa shape index (κ1) is 14.4. The topological polar surface area (TPSA) is 21.3 Å². The van der Waals surface area contributed by atoms with Crippen molar-refractivity contribution in [3.63, 3.8) is 0 Å². The van der Waals surface area contributed by atoms with Crippen LogP contribution in [0.5, 0.6) is 5.75 Å². The van der Waals surface area contributed by atoms with E-state index < -0.39 is 0 Å². The molecule has 1 aromatic rings. The fourth-order valence-corrected chi connectivity index (χ4v) is 2.88. The Morgan fingerprint density at radius 1 is 1.26 bits per heavy atom. The summed E-state index contributed by atoms with van der Waals surface area (Å²) < 4.78 is 6.29. The molecule has 1 aliphatic carbocycles. The average molecular weight is 261 g/mol. The lowest BCUT2D eigenvalue weighted by Crippen LogP contribution is -2.23. The van der Waals surface area contributed by atoms with Crippen molar-refractivity contribution < 1.29 is 4.74 Å². The lowest BCUT2D eigenvalue weighted by molar-refractivity contribution is 0.152. The maximum atomic E-state index is 6.29. The second kappa shape index (κ2) is 6.95. The summed E-state index contributed by atoms with van der Waals surface area (Å²) in [6.45, 7) is 7.47. The van der Waals surface area contributed by atoms with Gasteiger partial charge in [0.05, 0.1) is 6.10 Å². The standard InChI is InChI=1S/C17H27NO/c1-4-18-14(3)16-11-10-13(2)12-17(16)19-15-8-6-5-7-9-15/h10-12,14-15,18H,4-9H2,1-3H3. The molecule has 1 N–H and O–H groups in total. The van der Waals surface area contributed by atoms with Crippen LogP contribution >= 0.6 is 0 Å². The number of hydrogen-bond acceptors (Lipinski definition) is 2. The van der Waals surface area contributed by atoms with E-state index in [0.717, 1.165) is 12.3 Å². The second-order valence-corrected chi connectivity index (χ2v) is 5.70. The molecule has 2 heteroatoms. The maximum Gasteiger partial charge on any atom is 0.124 e. The summed E-state index contributed by atoms with van der Waals surface area (Å²) >= 11 is 0. The molecular formula is C17H27NO. The zero-order valence-electron chi connectivity index (χ0n) is 12.5. The van der Waals surface area contributed by atoms with Crippen molar-refractivity contribution in [2.75, 3.05) is 6.54 Å². The smallest absolute Gasteiger partial charge is 0.124 e. The fraction of sp³-hybridized carbons (Fsp3) is 0.647. The van der Waals surface area contributed by atoms with Gasteiger partial charge < -0.3 is 10.1 Å². The minimum Gasteiger partial charge on any atom is -0.490 e. The van der Waals surface area contributed by atoms with Crippen LogP contribution in [0, 0.1) is 6.92 Å². The third kappa shape index (κ3) is 3.97. The predicted octanol–water partition coefficient (Wildman–Crippen LogP) is 4.38. The van der Waals surface area contributed by atoms with Crippen LogP contribution < -0.4 is 10.1 Å². The molecule has 0 aliphatic heterocycles. The molecule has 1 unspecified atom stereocenters. The largest absolute Gasteiger partial charge is 0.490 e. The molecule has 0 spiro atoms. The molecular weight excluding hydrogens is 234 g/mol. The molecule has 19 heavy (non-hydrogen) atoms. The number of benzene rings is 1. The highest BCUT2D eigenvalue weighted by Gasteiger charge is 2.18. The van der Waals surface area contributed by atoms with Crippen LogP contribution in [0.1, 0.15) is 63.1 Å². The van der Waals surface area contributed by atoms with Gasteiger partial charge in [0.15, 0.2) is 0 Å². The van der Waals surface area contributed by atoms with Gasteiger partial charge in [0.25, 0.3) is 0 Å². The summed E-state index contributed by atoms with van der Waals surface area (Å²) in [5.41, 5.74) is 2.57. The minimum atomic E-state index is 0.351. The van der Waals surface area contributed by atoms with E-state index in [1.165, 1.54) is 43.2 Å². The number of rotatable bonds is 5. The van der Waals surface area contributed by atoms with Gasteiger partial charge in [0.2, 0.25) is 0 Å². The monoisotopic (exact) mass is 261 g/mol. The summed E-state index contributed by atoms with van der Waals surface area (Å²) in [7, 11) is 0. The predicted molar refractivity (Wildman–Crippen MR) is 80.8 cm³/mol. The van der Waals surface area contributed by atoms with Crippen molar-refractivity contribution in [1.82, 2.24) is 5.32 Å². The van der Waals surface area contributed by atoms with Crippen LogP contribution in [0.3, 0.4) is 0 Å². The lowest BCUT2D eigenvalue weighted by atomic mass is 9.97. The zero-order chi connectivity index (χ0) is 13.7. The normalized spacial score (nSPS) is 18.3. The molecule has 0 heterocycles. The molecule has 1 aromatic carbocycles. The Morgan fingerprint density at radius 3 is 2.68 bits per heavy atom. The van der Waals surface area contributed by atoms with Gasteiger partial charge in [-0.2, -0.15) is 0 Å². The lowest BCUT2D eigenvalue weighted by Gasteiger charge is -2.26. The minimum absolute atomic E-state index is 0.351. The van der Waals surface area contributed by atoms with Crippen LogP contribution in [0.4, 0.5) is 0 Å². The van der Waals surface area contributed by atoms with Crippen LogP contribution in [0.2, 0.25) is 0 Å². The molecule has 1 atom stereocenters. The van der Waals surface area contributed by atoms with E-state index in [9.17, 15) is 0 Å². The number of nitrogens with one attached hydrogen (secondary N) is 1. The molecule has 2 nitrogen and oxygen atoms in total. The quantitative estimate of drug-likeness (QED) is 0.849. The van der Waals surface area contributed by atoms with Gasteiger partial charge in [-0.3, -0.25) is 0 Å². The molecule has 2 rings (SSSR count). The van der Waals surface area contributed by atoms with Crippen molar-refractivity contribution in [3.05, 3.63) is 29.3 Å². The molecule has 1 aliphatic rings. The molecule has 1 saturated carbocycles. The van der Waals surface area contributed by atoms with Gasteiger partial charge in [-0.1, -0.05) is 25.5 Å². The molecule has 0 saturated heterocycles. The van der Waals surface area contributed by atoms with Crippen molar-refractivity contribution in [2.24, 2.45) is 0 Å². The van der Waals surface area contributed by atoms with Gasteiger partial charge in [-0.05, 0) is 57.7 Å². The van der Waals surface area contributed by atoms with E-state index in [0.29, 0.717) is 12.1 Å². The number of hydrogen-bond donors (Lipinski definition) is 1. The Kier molecular flexibility index (Phi) is 5.26. The van der Waals surface area contributed by atoms with Crippen LogP contribution in [-0.2, 0) is 0 Å². The third-order valence-electron chi connectivity index (χ3n) is 3.99. The van der Waals surface area contributed by atoms with E-state index >= 15 is 0 Å². The Balaban J connectivity index is 2.14. The molecule has 0 radical (unpaired) electrons. The number of aryl methyl sites for hydroxylation is 1. The molecule has 1 fully saturated rings. The highest BCUT2D eigenvalue weighted by Crippen LogP contribution is 2.30. The summed E-state index contributed by atoms with van der Waals surface area (Å²) in [5, 5.41) is 3.48. The van der Waals surface area contributed by atoms with Gasteiger partial charge in [0.1, 0.15) is 5.75 Å². The van der Waals surface area contributed by atoms with Gasteiger partial charge >= 0.3 is 0 Å². The van der Waals surface area contributed by atoms with Crippen LogP contribution in [0.15, 0.2) is 18.2 Å². The highest BCUT2D eigenvalue weighted by molar-refractivity contribution is 5.39. The average Bonchev–Trinajstić information content (AvgIpc) is 2.40. The summed E-state index contributed by atoms with van der Waals surface area (Å²) in [6, 6.07) is 6.93. The first-order chi connectivity index (χ1) is 9.20. The zero-order valence-corrected chi connectivity index (χ0v) is 12.5. The van der Waals surface area contributed by atoms with E-state index in [4.69, 9.17) is 4.74 Å². The van der Waals surface area contributed by atoms with Crippen molar-refractivity contribution in [3.8, 4) is 5.75 Å². The van der Waals surface area contributed by atoms with Crippen molar-refractivity contribution >= 4 is 0 Å². The molecule has 106 valence electrons. The Bertz CT molecular complexity index is 396. The first-order valence-corrected chi connectivity index (χ1v) is 7.71. The molecule has 0 aromatic heterocycles. The fourth-order valence-electron chi connectivity index (χ4n) is 2.88. The van der Waals surface area contributed by atoms with Crippen molar-refractivity contribution in [2.45, 2.75) is 65.0 Å². The van der Waals surface area contributed by atoms with E-state index in [-0.39, 0.29) is 0 Å². The van der Waals surface area contributed by atoms with E-state index in [1.54, 1.807) is 0 Å². The Labute approximate surface area is 117 Å².